The van der Waals surface area contributed by atoms with Gasteiger partial charge in [-0.15, -0.1) is 0 Å². The van der Waals surface area contributed by atoms with Crippen molar-refractivity contribution in [1.82, 2.24) is 0 Å². The van der Waals surface area contributed by atoms with E-state index < -0.39 is 11.9 Å². The van der Waals surface area contributed by atoms with Crippen LogP contribution in [0.2, 0.25) is 0 Å². The molecule has 1 heterocycles. The Bertz CT molecular complexity index is 219. The summed E-state index contributed by atoms with van der Waals surface area (Å²) in [6, 6.07) is 0. The van der Waals surface area contributed by atoms with E-state index in [0.717, 1.165) is 0 Å². The van der Waals surface area contributed by atoms with E-state index in [9.17, 15) is 9.59 Å². The summed E-state index contributed by atoms with van der Waals surface area (Å²) < 4.78 is 13.8. The van der Waals surface area contributed by atoms with Crippen LogP contribution in [0.1, 0.15) is 0 Å². The molecule has 1 rings (SSSR count). The lowest BCUT2D eigenvalue weighted by molar-refractivity contribution is -0.167. The minimum Gasteiger partial charge on any atom is -0.454 e. The molecule has 0 radical (unpaired) electrons. The van der Waals surface area contributed by atoms with Crippen molar-refractivity contribution in [3.63, 3.8) is 0 Å². The largest absolute Gasteiger partial charge is 0.454 e. The van der Waals surface area contributed by atoms with Crippen LogP contribution in [-0.2, 0) is 23.8 Å². The predicted molar refractivity (Wildman–Crippen MR) is 41.9 cm³/mol. The zero-order chi connectivity index (χ0) is 9.68. The molecule has 72 valence electrons. The van der Waals surface area contributed by atoms with E-state index in [1.54, 1.807) is 0 Å². The van der Waals surface area contributed by atoms with Crippen LogP contribution in [0, 0.1) is 0 Å². The Balaban J connectivity index is 2.12. The Morgan fingerprint density at radius 2 is 2.08 bits per heavy atom. The van der Waals surface area contributed by atoms with Crippen molar-refractivity contribution in [1.29, 1.82) is 0 Å². The molecule has 0 aromatic carbocycles. The normalized spacial score (nSPS) is 18.9. The van der Waals surface area contributed by atoms with Gasteiger partial charge in [-0.05, 0) is 0 Å². The molecule has 13 heavy (non-hydrogen) atoms. The molecule has 5 heteroatoms. The summed E-state index contributed by atoms with van der Waals surface area (Å²) in [7, 11) is 0. The van der Waals surface area contributed by atoms with Crippen LogP contribution in [0.15, 0.2) is 12.7 Å². The van der Waals surface area contributed by atoms with Gasteiger partial charge in [0.15, 0.2) is 0 Å². The van der Waals surface area contributed by atoms with Gasteiger partial charge in [-0.25, -0.2) is 9.59 Å². The van der Waals surface area contributed by atoms with Crippen molar-refractivity contribution in [2.75, 3.05) is 19.8 Å². The maximum atomic E-state index is 10.8. The number of carbonyl (C=O) groups is 2. The minimum atomic E-state index is -0.999. The summed E-state index contributed by atoms with van der Waals surface area (Å²) in [5, 5.41) is 0. The van der Waals surface area contributed by atoms with Crippen LogP contribution >= 0.6 is 0 Å². The topological polar surface area (TPSA) is 65.1 Å². The maximum absolute atomic E-state index is 10.8. The monoisotopic (exact) mass is 186 g/mol. The van der Waals surface area contributed by atoms with Crippen LogP contribution in [0.5, 0.6) is 0 Å². The Kier molecular flexibility index (Phi) is 3.45. The van der Waals surface area contributed by atoms with E-state index in [1.165, 1.54) is 6.08 Å². The van der Waals surface area contributed by atoms with Crippen molar-refractivity contribution in [3.05, 3.63) is 12.7 Å². The zero-order valence-electron chi connectivity index (χ0n) is 7.02. The SMILES string of the molecule is C=CCOC(=O)C(=O)OCC1CO1. The molecule has 1 unspecified atom stereocenters. The highest BCUT2D eigenvalue weighted by atomic mass is 16.6. The molecule has 0 saturated carbocycles. The first-order chi connectivity index (χ1) is 6.24. The first-order valence-corrected chi connectivity index (χ1v) is 3.80. The van der Waals surface area contributed by atoms with Gasteiger partial charge in [-0.3, -0.25) is 0 Å². The summed E-state index contributed by atoms with van der Waals surface area (Å²) in [5.41, 5.74) is 0. The van der Waals surface area contributed by atoms with Crippen LogP contribution in [0.4, 0.5) is 0 Å². The van der Waals surface area contributed by atoms with Crippen molar-refractivity contribution < 1.29 is 23.8 Å². The van der Waals surface area contributed by atoms with Crippen molar-refractivity contribution in [3.8, 4) is 0 Å². The van der Waals surface area contributed by atoms with Gasteiger partial charge in [0.05, 0.1) is 6.61 Å². The second-order valence-corrected chi connectivity index (χ2v) is 2.44. The number of epoxide rings is 1. The number of hydrogen-bond donors (Lipinski definition) is 0. The predicted octanol–water partition coefficient (Wildman–Crippen LogP) is -0.342. The summed E-state index contributed by atoms with van der Waals surface area (Å²) >= 11 is 0. The average Bonchev–Trinajstić information content (AvgIpc) is 2.93. The fraction of sp³-hybridized carbons (Fsp3) is 0.500. The molecule has 0 spiro atoms. The molecule has 1 saturated heterocycles. The number of rotatable bonds is 4. The molecule has 1 atom stereocenters. The fourth-order valence-corrected chi connectivity index (χ4v) is 0.585. The Morgan fingerprint density at radius 1 is 1.46 bits per heavy atom. The number of ether oxygens (including phenoxy) is 3. The molecule has 1 aliphatic rings. The van der Waals surface area contributed by atoms with E-state index in [0.29, 0.717) is 6.61 Å². The van der Waals surface area contributed by atoms with Gasteiger partial charge >= 0.3 is 11.9 Å². The highest BCUT2D eigenvalue weighted by molar-refractivity contribution is 6.29. The molecule has 1 fully saturated rings. The standard InChI is InChI=1S/C8H10O5/c1-2-3-11-7(9)8(10)13-5-6-4-12-6/h2,6H,1,3-5H2. The fourth-order valence-electron chi connectivity index (χ4n) is 0.585. The van der Waals surface area contributed by atoms with E-state index in [2.05, 4.69) is 16.1 Å². The molecule has 5 nitrogen and oxygen atoms in total. The molecular formula is C8H10O5. The minimum absolute atomic E-state index is 0.00780. The molecule has 0 amide bonds. The van der Waals surface area contributed by atoms with Crippen molar-refractivity contribution in [2.24, 2.45) is 0 Å². The first-order valence-electron chi connectivity index (χ1n) is 3.80. The molecule has 0 aliphatic carbocycles. The molecule has 0 N–H and O–H groups in total. The first kappa shape index (κ1) is 9.73. The lowest BCUT2D eigenvalue weighted by atomic mass is 10.5. The summed E-state index contributed by atoms with van der Waals surface area (Å²) in [4.78, 5) is 21.5. The quantitative estimate of drug-likeness (QED) is 0.260. The molecule has 0 aromatic heterocycles. The van der Waals surface area contributed by atoms with E-state index >= 15 is 0 Å². The van der Waals surface area contributed by atoms with Crippen LogP contribution in [-0.4, -0.2) is 37.9 Å². The lowest BCUT2D eigenvalue weighted by Crippen LogP contribution is -2.22. The molecule has 1 aliphatic heterocycles. The number of carbonyl (C=O) groups excluding carboxylic acids is 2. The number of hydrogen-bond acceptors (Lipinski definition) is 5. The van der Waals surface area contributed by atoms with Crippen LogP contribution < -0.4 is 0 Å². The third-order valence-corrected chi connectivity index (χ3v) is 1.30. The third kappa shape index (κ3) is 3.71. The van der Waals surface area contributed by atoms with Crippen LogP contribution in [0.25, 0.3) is 0 Å². The lowest BCUT2D eigenvalue weighted by Gasteiger charge is -2.01. The Labute approximate surface area is 75.3 Å². The summed E-state index contributed by atoms with van der Waals surface area (Å²) in [5.74, 6) is -1.99. The van der Waals surface area contributed by atoms with Gasteiger partial charge in [0.1, 0.15) is 19.3 Å². The van der Waals surface area contributed by atoms with Crippen molar-refractivity contribution >= 4 is 11.9 Å². The second kappa shape index (κ2) is 4.61. The van der Waals surface area contributed by atoms with Gasteiger partial charge in [0, 0.05) is 0 Å². The van der Waals surface area contributed by atoms with E-state index in [1.807, 2.05) is 0 Å². The Morgan fingerprint density at radius 3 is 2.62 bits per heavy atom. The van der Waals surface area contributed by atoms with Gasteiger partial charge in [-0.1, -0.05) is 12.7 Å². The third-order valence-electron chi connectivity index (χ3n) is 1.30. The smallest absolute Gasteiger partial charge is 0.417 e. The average molecular weight is 186 g/mol. The van der Waals surface area contributed by atoms with E-state index in [-0.39, 0.29) is 19.3 Å². The highest BCUT2D eigenvalue weighted by Gasteiger charge is 2.26. The van der Waals surface area contributed by atoms with Crippen molar-refractivity contribution in [2.45, 2.75) is 6.10 Å². The summed E-state index contributed by atoms with van der Waals surface area (Å²) in [6.07, 6.45) is 1.32. The molecule has 0 bridgehead atoms. The van der Waals surface area contributed by atoms with Gasteiger partial charge in [-0.2, -0.15) is 0 Å². The molecular weight excluding hydrogens is 176 g/mol. The zero-order valence-corrected chi connectivity index (χ0v) is 7.02. The maximum Gasteiger partial charge on any atom is 0.417 e. The highest BCUT2D eigenvalue weighted by Crippen LogP contribution is 2.08. The second-order valence-electron chi connectivity index (χ2n) is 2.44. The number of esters is 2. The Hall–Kier alpha value is -1.36. The molecule has 0 aromatic rings. The summed E-state index contributed by atoms with van der Waals surface area (Å²) in [6.45, 7) is 4.03. The van der Waals surface area contributed by atoms with Gasteiger partial charge in [0.2, 0.25) is 0 Å². The van der Waals surface area contributed by atoms with Gasteiger partial charge < -0.3 is 14.2 Å². The van der Waals surface area contributed by atoms with Crippen LogP contribution in [0.3, 0.4) is 0 Å². The van der Waals surface area contributed by atoms with E-state index in [4.69, 9.17) is 4.74 Å². The van der Waals surface area contributed by atoms with Gasteiger partial charge in [0.25, 0.3) is 0 Å².